The van der Waals surface area contributed by atoms with Crippen LogP contribution in [-0.4, -0.2) is 64.0 Å². The molecule has 1 aliphatic heterocycles. The number of nitrogens with one attached hydrogen (secondary N) is 2. The van der Waals surface area contributed by atoms with Crippen LogP contribution in [0.15, 0.2) is 10.6 Å². The Morgan fingerprint density at radius 2 is 2.12 bits per heavy atom. The Morgan fingerprint density at radius 1 is 1.27 bits per heavy atom. The molecule has 3 aliphatic rings. The number of rotatable bonds is 6. The van der Waals surface area contributed by atoms with E-state index < -0.39 is 5.41 Å². The van der Waals surface area contributed by atoms with Crippen LogP contribution in [0.2, 0.25) is 0 Å². The lowest BCUT2D eigenvalue weighted by molar-refractivity contribution is -0.128. The molecule has 1 saturated heterocycles. The van der Waals surface area contributed by atoms with Gasteiger partial charge in [-0.1, -0.05) is 11.6 Å². The Balaban J connectivity index is 1.51. The lowest BCUT2D eigenvalue weighted by Gasteiger charge is -2.36. The lowest BCUT2D eigenvalue weighted by Crippen LogP contribution is -2.41. The summed E-state index contributed by atoms with van der Waals surface area (Å²) in [6.07, 6.45) is 8.95. The summed E-state index contributed by atoms with van der Waals surface area (Å²) in [5, 5.41) is 19.9. The number of ketones is 1. The van der Waals surface area contributed by atoms with Crippen molar-refractivity contribution in [2.75, 3.05) is 20.2 Å². The zero-order valence-electron chi connectivity index (χ0n) is 19.0. The molecule has 9 heteroatoms. The predicted molar refractivity (Wildman–Crippen MR) is 122 cm³/mol. The van der Waals surface area contributed by atoms with Gasteiger partial charge in [0.1, 0.15) is 12.4 Å². The van der Waals surface area contributed by atoms with Crippen LogP contribution in [0.25, 0.3) is 11.5 Å². The number of carbonyl (C=O) groups is 1. The number of likely N-dealkylation sites (tertiary alicyclic amines) is 1. The number of fused-ring (bicyclic) bond motifs is 2. The van der Waals surface area contributed by atoms with Gasteiger partial charge in [-0.05, 0) is 58.5 Å². The number of hydrogen-bond donors (Lipinski definition) is 2. The molecule has 0 unspecified atom stereocenters. The summed E-state index contributed by atoms with van der Waals surface area (Å²) in [6.45, 7) is 1.55. The Labute approximate surface area is 192 Å². The molecule has 2 aliphatic carbocycles. The standard InChI is InChI=1S/C24H30N6O3/c1-30-11-5-6-15(30)14-32-20-12-18(17(26)13-25)27-23(28-20)21-16-7-4-10-24(22(16)33-29-21)9-3-2-8-19(24)31/h12-13,15,25-26H,2-11,14H2,1H3/t15-,24+/m0/s1. The predicted octanol–water partition coefficient (Wildman–Crippen LogP) is 3.34. The molecule has 33 heavy (non-hydrogen) atoms. The molecular weight excluding hydrogens is 420 g/mol. The van der Waals surface area contributed by atoms with Crippen LogP contribution in [0.5, 0.6) is 5.88 Å². The molecule has 0 radical (unpaired) electrons. The summed E-state index contributed by atoms with van der Waals surface area (Å²) >= 11 is 0. The maximum Gasteiger partial charge on any atom is 0.217 e. The highest BCUT2D eigenvalue weighted by Crippen LogP contribution is 2.47. The van der Waals surface area contributed by atoms with E-state index in [0.29, 0.717) is 47.9 Å². The van der Waals surface area contributed by atoms with E-state index in [-0.39, 0.29) is 11.5 Å². The molecule has 9 nitrogen and oxygen atoms in total. The zero-order valence-corrected chi connectivity index (χ0v) is 19.0. The number of carbonyl (C=O) groups excluding carboxylic acids is 1. The van der Waals surface area contributed by atoms with Gasteiger partial charge in [-0.25, -0.2) is 4.98 Å². The van der Waals surface area contributed by atoms with Gasteiger partial charge in [0.05, 0.1) is 16.8 Å². The third-order valence-corrected chi connectivity index (χ3v) is 7.47. The van der Waals surface area contributed by atoms with Crippen molar-refractivity contribution >= 4 is 17.7 Å². The van der Waals surface area contributed by atoms with Gasteiger partial charge in [0.25, 0.3) is 0 Å². The largest absolute Gasteiger partial charge is 0.476 e. The van der Waals surface area contributed by atoms with Crippen molar-refractivity contribution in [3.8, 4) is 17.4 Å². The number of ether oxygens (including phenoxy) is 1. The van der Waals surface area contributed by atoms with Crippen LogP contribution >= 0.6 is 0 Å². The van der Waals surface area contributed by atoms with Crippen molar-refractivity contribution in [1.29, 1.82) is 10.8 Å². The first-order valence-electron chi connectivity index (χ1n) is 11.9. The molecular formula is C24H30N6O3. The second-order valence-electron chi connectivity index (χ2n) is 9.47. The molecule has 2 N–H and O–H groups in total. The summed E-state index contributed by atoms with van der Waals surface area (Å²) in [4.78, 5) is 24.4. The third-order valence-electron chi connectivity index (χ3n) is 7.47. The third kappa shape index (κ3) is 3.88. The average molecular weight is 451 g/mol. The molecule has 1 spiro atoms. The van der Waals surface area contributed by atoms with E-state index in [0.717, 1.165) is 69.7 Å². The molecule has 0 aromatic carbocycles. The van der Waals surface area contributed by atoms with Gasteiger partial charge in [-0.15, -0.1) is 0 Å². The van der Waals surface area contributed by atoms with Gasteiger partial charge < -0.3 is 19.6 Å². The number of aromatic nitrogens is 3. The highest BCUT2D eigenvalue weighted by atomic mass is 16.5. The molecule has 2 atom stereocenters. The minimum absolute atomic E-state index is 0.0298. The summed E-state index contributed by atoms with van der Waals surface area (Å²) in [5.74, 6) is 1.61. The fourth-order valence-corrected chi connectivity index (χ4v) is 5.56. The fourth-order valence-electron chi connectivity index (χ4n) is 5.56. The van der Waals surface area contributed by atoms with Crippen LogP contribution in [0.3, 0.4) is 0 Å². The van der Waals surface area contributed by atoms with E-state index in [1.807, 2.05) is 0 Å². The fraction of sp³-hybridized carbons (Fsp3) is 0.583. The smallest absolute Gasteiger partial charge is 0.217 e. The summed E-state index contributed by atoms with van der Waals surface area (Å²) in [7, 11) is 2.09. The van der Waals surface area contributed by atoms with Gasteiger partial charge in [0.15, 0.2) is 17.3 Å². The first-order chi connectivity index (χ1) is 16.0. The van der Waals surface area contributed by atoms with Crippen LogP contribution in [0.4, 0.5) is 0 Å². The maximum absolute atomic E-state index is 13.0. The van der Waals surface area contributed by atoms with Crippen molar-refractivity contribution in [2.45, 2.75) is 69.2 Å². The second kappa shape index (κ2) is 8.78. The molecule has 2 aromatic heterocycles. The Morgan fingerprint density at radius 3 is 2.88 bits per heavy atom. The Bertz CT molecular complexity index is 1100. The maximum atomic E-state index is 13.0. The molecule has 0 bridgehead atoms. The molecule has 2 aromatic rings. The van der Waals surface area contributed by atoms with Crippen molar-refractivity contribution < 1.29 is 14.1 Å². The first-order valence-corrected chi connectivity index (χ1v) is 11.9. The van der Waals surface area contributed by atoms with Gasteiger partial charge in [0.2, 0.25) is 5.88 Å². The average Bonchev–Trinajstić information content (AvgIpc) is 3.45. The van der Waals surface area contributed by atoms with E-state index in [1.165, 1.54) is 0 Å². The highest BCUT2D eigenvalue weighted by molar-refractivity contribution is 6.35. The molecule has 0 amide bonds. The van der Waals surface area contributed by atoms with Gasteiger partial charge in [-0.2, -0.15) is 4.98 Å². The van der Waals surface area contributed by atoms with Crippen LogP contribution in [-0.2, 0) is 16.6 Å². The normalized spacial score (nSPS) is 25.2. The summed E-state index contributed by atoms with van der Waals surface area (Å²) in [6, 6.07) is 1.93. The molecule has 5 rings (SSSR count). The Hall–Kier alpha value is -2.94. The van der Waals surface area contributed by atoms with Gasteiger partial charge >= 0.3 is 0 Å². The number of likely N-dealkylation sites (N-methyl/N-ethyl adjacent to an activating group) is 1. The van der Waals surface area contributed by atoms with Crippen molar-refractivity contribution in [3.63, 3.8) is 0 Å². The van der Waals surface area contributed by atoms with Gasteiger partial charge in [-0.3, -0.25) is 10.2 Å². The lowest BCUT2D eigenvalue weighted by atomic mass is 9.64. The van der Waals surface area contributed by atoms with E-state index in [1.54, 1.807) is 6.07 Å². The van der Waals surface area contributed by atoms with E-state index in [9.17, 15) is 4.79 Å². The number of Topliss-reactive ketones (excluding diaryl/α,β-unsaturated/α-hetero) is 1. The highest BCUT2D eigenvalue weighted by Gasteiger charge is 2.48. The number of nitrogens with zero attached hydrogens (tertiary/aromatic N) is 4. The Kier molecular flexibility index (Phi) is 5.82. The van der Waals surface area contributed by atoms with Crippen LogP contribution in [0.1, 0.15) is 68.4 Å². The first kappa shape index (κ1) is 21.9. The minimum Gasteiger partial charge on any atom is -0.476 e. The van der Waals surface area contributed by atoms with Crippen LogP contribution in [0, 0.1) is 10.8 Å². The van der Waals surface area contributed by atoms with Crippen molar-refractivity contribution in [2.24, 2.45) is 0 Å². The molecule has 174 valence electrons. The summed E-state index contributed by atoms with van der Waals surface area (Å²) < 4.78 is 11.9. The second-order valence-corrected chi connectivity index (χ2v) is 9.47. The minimum atomic E-state index is -0.567. The molecule has 2 fully saturated rings. The zero-order chi connectivity index (χ0) is 23.0. The molecule has 1 saturated carbocycles. The topological polar surface area (TPSA) is 129 Å². The van der Waals surface area contributed by atoms with Crippen molar-refractivity contribution in [1.82, 2.24) is 20.0 Å². The summed E-state index contributed by atoms with van der Waals surface area (Å²) in [5.41, 5.74) is 1.13. The van der Waals surface area contributed by atoms with Gasteiger partial charge in [0, 0.05) is 30.3 Å². The monoisotopic (exact) mass is 450 g/mol. The number of hydrogen-bond acceptors (Lipinski definition) is 9. The van der Waals surface area contributed by atoms with Crippen LogP contribution < -0.4 is 4.74 Å². The van der Waals surface area contributed by atoms with E-state index in [4.69, 9.17) is 20.1 Å². The molecule has 3 heterocycles. The van der Waals surface area contributed by atoms with E-state index in [2.05, 4.69) is 27.1 Å². The SMILES string of the molecule is CN1CCC[C@H]1COc1cc(C(=N)C=N)nc(-c2noc3c2CCC[C@@]32CCCCC2=O)n1. The van der Waals surface area contributed by atoms with Crippen molar-refractivity contribution in [3.05, 3.63) is 23.1 Å². The van der Waals surface area contributed by atoms with E-state index >= 15 is 0 Å². The quantitative estimate of drug-likeness (QED) is 0.646.